The van der Waals surface area contributed by atoms with E-state index in [2.05, 4.69) is 15.0 Å². The standard InChI is InChI=1S/C29H21ClF8N2O/c30-22-8-11-25(39-17-22)27(15-18-4-2-1-3-5-18,20-12-21(28(34,35)36)14-23(31)13-20)40-16-19-6-9-24(10-7-19)41-29(37,38)26(32)33/h1-14,17,26,40H,15-16H2. The zero-order valence-electron chi connectivity index (χ0n) is 20.9. The molecule has 1 aromatic heterocycles. The van der Waals surface area contributed by atoms with Crippen LogP contribution in [0, 0.1) is 5.82 Å². The number of alkyl halides is 7. The number of nitrogens with zero attached hydrogens (tertiary/aromatic N) is 1. The average Bonchev–Trinajstić information content (AvgIpc) is 2.92. The highest BCUT2D eigenvalue weighted by Gasteiger charge is 2.44. The van der Waals surface area contributed by atoms with Crippen molar-refractivity contribution in [3.8, 4) is 5.75 Å². The van der Waals surface area contributed by atoms with Crippen molar-refractivity contribution in [3.05, 3.63) is 130 Å². The zero-order chi connectivity index (χ0) is 29.8. The number of rotatable bonds is 10. The Morgan fingerprint density at radius 1 is 0.805 bits per heavy atom. The molecule has 41 heavy (non-hydrogen) atoms. The molecule has 3 nitrogen and oxygen atoms in total. The highest BCUT2D eigenvalue weighted by molar-refractivity contribution is 6.30. The van der Waals surface area contributed by atoms with Crippen LogP contribution in [-0.2, 0) is 24.7 Å². The monoisotopic (exact) mass is 600 g/mol. The van der Waals surface area contributed by atoms with Gasteiger partial charge in [-0.3, -0.25) is 10.3 Å². The summed E-state index contributed by atoms with van der Waals surface area (Å²) in [7, 11) is 0. The van der Waals surface area contributed by atoms with Crippen molar-refractivity contribution in [1.82, 2.24) is 10.3 Å². The van der Waals surface area contributed by atoms with Gasteiger partial charge in [0.2, 0.25) is 0 Å². The highest BCUT2D eigenvalue weighted by atomic mass is 35.5. The van der Waals surface area contributed by atoms with Crippen molar-refractivity contribution in [2.24, 2.45) is 0 Å². The van der Waals surface area contributed by atoms with E-state index in [4.69, 9.17) is 11.6 Å². The Bertz CT molecular complexity index is 1450. The van der Waals surface area contributed by atoms with Crippen LogP contribution in [0.5, 0.6) is 5.75 Å². The Labute approximate surface area is 234 Å². The van der Waals surface area contributed by atoms with Crippen LogP contribution in [0.25, 0.3) is 0 Å². The molecule has 1 N–H and O–H groups in total. The zero-order valence-corrected chi connectivity index (χ0v) is 21.7. The lowest BCUT2D eigenvalue weighted by atomic mass is 9.79. The number of hydrogen-bond donors (Lipinski definition) is 1. The normalized spacial score (nSPS) is 13.7. The van der Waals surface area contributed by atoms with E-state index in [1.165, 1.54) is 30.5 Å². The van der Waals surface area contributed by atoms with Crippen LogP contribution in [0.2, 0.25) is 5.02 Å². The summed E-state index contributed by atoms with van der Waals surface area (Å²) < 4.78 is 112. The third-order valence-electron chi connectivity index (χ3n) is 6.22. The molecule has 12 heteroatoms. The van der Waals surface area contributed by atoms with Crippen molar-refractivity contribution >= 4 is 11.6 Å². The van der Waals surface area contributed by atoms with Gasteiger partial charge in [0, 0.05) is 19.2 Å². The van der Waals surface area contributed by atoms with Crippen LogP contribution < -0.4 is 10.1 Å². The first-order valence-electron chi connectivity index (χ1n) is 12.0. The molecule has 0 amide bonds. The Hall–Kier alpha value is -3.70. The summed E-state index contributed by atoms with van der Waals surface area (Å²) in [5, 5.41) is 3.45. The minimum absolute atomic E-state index is 0.0189. The molecule has 0 aliphatic carbocycles. The van der Waals surface area contributed by atoms with E-state index >= 15 is 0 Å². The maximum Gasteiger partial charge on any atom is 0.461 e. The third-order valence-corrected chi connectivity index (χ3v) is 6.44. The third kappa shape index (κ3) is 7.34. The SMILES string of the molecule is Fc1cc(C(F)(F)F)cc(C(Cc2ccccc2)(NCc2ccc(OC(F)(F)C(F)F)cc2)c2ccc(Cl)cn2)c1. The maximum atomic E-state index is 14.7. The molecular formula is C29H21ClF8N2O. The number of benzene rings is 3. The Balaban J connectivity index is 1.80. The Morgan fingerprint density at radius 2 is 1.46 bits per heavy atom. The molecule has 1 unspecified atom stereocenters. The minimum atomic E-state index is -4.85. The van der Waals surface area contributed by atoms with Crippen molar-refractivity contribution in [2.75, 3.05) is 0 Å². The predicted molar refractivity (Wildman–Crippen MR) is 136 cm³/mol. The molecule has 0 bridgehead atoms. The first-order chi connectivity index (χ1) is 19.3. The van der Waals surface area contributed by atoms with Crippen molar-refractivity contribution in [1.29, 1.82) is 0 Å². The number of aromatic nitrogens is 1. The Morgan fingerprint density at radius 3 is 2.05 bits per heavy atom. The quantitative estimate of drug-likeness (QED) is 0.186. The predicted octanol–water partition coefficient (Wildman–Crippen LogP) is 8.41. The molecule has 0 aliphatic heterocycles. The van der Waals surface area contributed by atoms with Gasteiger partial charge in [0.05, 0.1) is 21.8 Å². The van der Waals surface area contributed by atoms with E-state index in [0.29, 0.717) is 17.2 Å². The van der Waals surface area contributed by atoms with Crippen molar-refractivity contribution in [2.45, 2.75) is 37.2 Å². The summed E-state index contributed by atoms with van der Waals surface area (Å²) in [6.45, 7) is -0.0828. The summed E-state index contributed by atoms with van der Waals surface area (Å²) in [6, 6.07) is 18.6. The molecule has 4 rings (SSSR count). The molecule has 1 atom stereocenters. The molecule has 0 aliphatic rings. The van der Waals surface area contributed by atoms with Crippen molar-refractivity contribution in [3.63, 3.8) is 0 Å². The number of nitrogens with one attached hydrogen (secondary N) is 1. The van der Waals surface area contributed by atoms with Crippen LogP contribution in [0.15, 0.2) is 91.1 Å². The average molecular weight is 601 g/mol. The van der Waals surface area contributed by atoms with Crippen LogP contribution in [0.1, 0.15) is 27.9 Å². The second-order valence-corrected chi connectivity index (χ2v) is 9.55. The largest absolute Gasteiger partial charge is 0.461 e. The molecule has 3 aromatic carbocycles. The lowest BCUT2D eigenvalue weighted by Gasteiger charge is -2.36. The molecule has 4 aromatic rings. The fraction of sp³-hybridized carbons (Fsp3) is 0.207. The summed E-state index contributed by atoms with van der Waals surface area (Å²) >= 11 is 6.03. The molecule has 0 radical (unpaired) electrons. The van der Waals surface area contributed by atoms with Gasteiger partial charge in [-0.25, -0.2) is 4.39 Å². The van der Waals surface area contributed by atoms with Gasteiger partial charge < -0.3 is 4.74 Å². The molecular weight excluding hydrogens is 580 g/mol. The second-order valence-electron chi connectivity index (χ2n) is 9.12. The van der Waals surface area contributed by atoms with E-state index in [1.807, 2.05) is 0 Å². The summed E-state index contributed by atoms with van der Waals surface area (Å²) in [6.07, 6.45) is -12.3. The van der Waals surface area contributed by atoms with Gasteiger partial charge in [-0.2, -0.15) is 30.7 Å². The van der Waals surface area contributed by atoms with E-state index in [-0.39, 0.29) is 29.2 Å². The molecule has 0 saturated carbocycles. The summed E-state index contributed by atoms with van der Waals surface area (Å²) in [5.74, 6) is -1.64. The number of hydrogen-bond acceptors (Lipinski definition) is 3. The molecule has 0 spiro atoms. The molecule has 1 heterocycles. The second kappa shape index (κ2) is 12.0. The van der Waals surface area contributed by atoms with Gasteiger partial charge in [-0.05, 0) is 59.2 Å². The molecule has 0 fully saturated rings. The van der Waals surface area contributed by atoms with E-state index < -0.39 is 41.4 Å². The van der Waals surface area contributed by atoms with E-state index in [0.717, 1.165) is 24.3 Å². The highest BCUT2D eigenvalue weighted by Crippen LogP contribution is 2.38. The van der Waals surface area contributed by atoms with E-state index in [9.17, 15) is 35.1 Å². The maximum absolute atomic E-state index is 14.7. The van der Waals surface area contributed by atoms with Gasteiger partial charge >= 0.3 is 18.7 Å². The first kappa shape index (κ1) is 30.3. The lowest BCUT2D eigenvalue weighted by Crippen LogP contribution is -2.46. The fourth-order valence-corrected chi connectivity index (χ4v) is 4.37. The Kier molecular flexibility index (Phi) is 8.89. The van der Waals surface area contributed by atoms with Crippen LogP contribution in [0.3, 0.4) is 0 Å². The fourth-order valence-electron chi connectivity index (χ4n) is 4.26. The van der Waals surface area contributed by atoms with Gasteiger partial charge in [0.1, 0.15) is 11.6 Å². The number of pyridine rings is 1. The summed E-state index contributed by atoms with van der Waals surface area (Å²) in [5.41, 5.74) is -1.52. The van der Waals surface area contributed by atoms with Gasteiger partial charge in [-0.1, -0.05) is 54.1 Å². The smallest absolute Gasteiger partial charge is 0.428 e. The van der Waals surface area contributed by atoms with Crippen LogP contribution in [-0.4, -0.2) is 17.5 Å². The number of ether oxygens (including phenoxy) is 1. The lowest BCUT2D eigenvalue weighted by molar-refractivity contribution is -0.253. The van der Waals surface area contributed by atoms with Crippen LogP contribution in [0.4, 0.5) is 35.1 Å². The van der Waals surface area contributed by atoms with Gasteiger partial charge in [-0.15, -0.1) is 0 Å². The molecule has 216 valence electrons. The minimum Gasteiger partial charge on any atom is -0.428 e. The van der Waals surface area contributed by atoms with Crippen LogP contribution >= 0.6 is 11.6 Å². The number of halogens is 9. The topological polar surface area (TPSA) is 34.1 Å². The van der Waals surface area contributed by atoms with Crippen molar-refractivity contribution < 1.29 is 39.9 Å². The molecule has 0 saturated heterocycles. The first-order valence-corrected chi connectivity index (χ1v) is 12.4. The van der Waals surface area contributed by atoms with Gasteiger partial charge in [0.15, 0.2) is 0 Å². The summed E-state index contributed by atoms with van der Waals surface area (Å²) in [4.78, 5) is 4.36. The van der Waals surface area contributed by atoms with Gasteiger partial charge in [0.25, 0.3) is 0 Å². The van der Waals surface area contributed by atoms with E-state index in [1.54, 1.807) is 30.3 Å².